The van der Waals surface area contributed by atoms with Crippen molar-refractivity contribution in [2.75, 3.05) is 11.5 Å². The normalized spacial score (nSPS) is 23.1. The van der Waals surface area contributed by atoms with Gasteiger partial charge in [-0.05, 0) is 31.4 Å². The van der Waals surface area contributed by atoms with Crippen LogP contribution in [0.3, 0.4) is 0 Å². The van der Waals surface area contributed by atoms with Crippen molar-refractivity contribution in [1.82, 2.24) is 15.1 Å². The van der Waals surface area contributed by atoms with E-state index in [1.807, 2.05) is 0 Å². The van der Waals surface area contributed by atoms with Crippen molar-refractivity contribution in [3.8, 4) is 11.5 Å². The molecule has 1 aliphatic carbocycles. The second-order valence-corrected chi connectivity index (χ2v) is 9.08. The minimum Gasteiger partial charge on any atom is -0.463 e. The van der Waals surface area contributed by atoms with E-state index in [0.717, 1.165) is 25.7 Å². The third-order valence-electron chi connectivity index (χ3n) is 4.99. The molecular weight excluding hydrogens is 342 g/mol. The first kappa shape index (κ1) is 16.4. The van der Waals surface area contributed by atoms with Crippen LogP contribution in [-0.2, 0) is 9.84 Å². The van der Waals surface area contributed by atoms with Crippen molar-refractivity contribution < 1.29 is 17.6 Å². The number of carbonyl (C=O) groups excluding carboxylic acids is 1. The van der Waals surface area contributed by atoms with Crippen LogP contribution in [0, 0.1) is 0 Å². The highest BCUT2D eigenvalue weighted by atomic mass is 32.2. The van der Waals surface area contributed by atoms with Gasteiger partial charge < -0.3 is 9.73 Å². The molecule has 1 unspecified atom stereocenters. The average Bonchev–Trinajstić information content (AvgIpc) is 3.33. The molecule has 1 amide bonds. The van der Waals surface area contributed by atoms with Gasteiger partial charge in [0.05, 0.1) is 23.8 Å². The maximum absolute atomic E-state index is 12.5. The standard InChI is InChI=1S/C17H21N3O4S/c21-17(18-12-4-1-2-5-12)14-10-15(16-6-3-8-24-16)20(19-14)13-7-9-25(22,23)11-13/h3,6,8,10,12-13H,1-2,4-5,7,9,11H2,(H,18,21). The molecule has 2 aliphatic rings. The summed E-state index contributed by atoms with van der Waals surface area (Å²) in [6, 6.07) is 5.18. The Balaban J connectivity index is 1.65. The number of rotatable bonds is 4. The largest absolute Gasteiger partial charge is 0.463 e. The Labute approximate surface area is 146 Å². The van der Waals surface area contributed by atoms with E-state index in [1.165, 1.54) is 0 Å². The molecule has 0 spiro atoms. The number of nitrogens with one attached hydrogen (secondary N) is 1. The molecule has 2 aromatic rings. The minimum atomic E-state index is -3.05. The second-order valence-electron chi connectivity index (χ2n) is 6.85. The fraction of sp³-hybridized carbons (Fsp3) is 0.529. The van der Waals surface area contributed by atoms with Crippen molar-refractivity contribution in [3.05, 3.63) is 30.2 Å². The molecule has 1 aliphatic heterocycles. The molecule has 1 saturated heterocycles. The Morgan fingerprint density at radius 3 is 2.72 bits per heavy atom. The number of aromatic nitrogens is 2. The van der Waals surface area contributed by atoms with Gasteiger partial charge in [-0.1, -0.05) is 12.8 Å². The summed E-state index contributed by atoms with van der Waals surface area (Å²) in [5.41, 5.74) is 0.950. The maximum Gasteiger partial charge on any atom is 0.272 e. The van der Waals surface area contributed by atoms with E-state index in [2.05, 4.69) is 10.4 Å². The first-order chi connectivity index (χ1) is 12.0. The zero-order valence-corrected chi connectivity index (χ0v) is 14.7. The topological polar surface area (TPSA) is 94.2 Å². The first-order valence-electron chi connectivity index (χ1n) is 8.66. The Bertz CT molecular complexity index is 864. The first-order valence-corrected chi connectivity index (χ1v) is 10.5. The van der Waals surface area contributed by atoms with Gasteiger partial charge in [-0.25, -0.2) is 8.42 Å². The Kier molecular flexibility index (Phi) is 4.15. The molecule has 8 heteroatoms. The molecule has 1 atom stereocenters. The number of hydrogen-bond donors (Lipinski definition) is 1. The third kappa shape index (κ3) is 3.35. The van der Waals surface area contributed by atoms with Crippen LogP contribution in [0.1, 0.15) is 48.6 Å². The lowest BCUT2D eigenvalue weighted by Crippen LogP contribution is -2.33. The van der Waals surface area contributed by atoms with Gasteiger partial charge in [0, 0.05) is 12.1 Å². The van der Waals surface area contributed by atoms with Crippen molar-refractivity contribution >= 4 is 15.7 Å². The van der Waals surface area contributed by atoms with Crippen LogP contribution in [0.2, 0.25) is 0 Å². The molecule has 134 valence electrons. The van der Waals surface area contributed by atoms with Crippen molar-refractivity contribution in [2.45, 2.75) is 44.2 Å². The quantitative estimate of drug-likeness (QED) is 0.898. The van der Waals surface area contributed by atoms with Crippen molar-refractivity contribution in [2.24, 2.45) is 0 Å². The van der Waals surface area contributed by atoms with Gasteiger partial charge in [0.1, 0.15) is 5.69 Å². The average molecular weight is 363 g/mol. The molecule has 2 aromatic heterocycles. The van der Waals surface area contributed by atoms with Gasteiger partial charge in [0.2, 0.25) is 0 Å². The number of hydrogen-bond acceptors (Lipinski definition) is 5. The number of amides is 1. The monoisotopic (exact) mass is 363 g/mol. The van der Waals surface area contributed by atoms with Crippen LogP contribution < -0.4 is 5.32 Å². The van der Waals surface area contributed by atoms with E-state index in [1.54, 1.807) is 29.1 Å². The summed E-state index contributed by atoms with van der Waals surface area (Å²) in [6.07, 6.45) is 6.32. The number of nitrogens with zero attached hydrogens (tertiary/aromatic N) is 2. The molecule has 25 heavy (non-hydrogen) atoms. The Morgan fingerprint density at radius 2 is 2.08 bits per heavy atom. The number of carbonyl (C=O) groups is 1. The molecular formula is C17H21N3O4S. The van der Waals surface area contributed by atoms with Crippen LogP contribution >= 0.6 is 0 Å². The van der Waals surface area contributed by atoms with Crippen LogP contribution in [-0.4, -0.2) is 41.7 Å². The smallest absolute Gasteiger partial charge is 0.272 e. The fourth-order valence-corrected chi connectivity index (χ4v) is 5.38. The molecule has 2 fully saturated rings. The predicted molar refractivity (Wildman–Crippen MR) is 92.0 cm³/mol. The molecule has 1 saturated carbocycles. The summed E-state index contributed by atoms with van der Waals surface area (Å²) >= 11 is 0. The lowest BCUT2D eigenvalue weighted by atomic mass is 10.2. The Hall–Kier alpha value is -2.09. The molecule has 0 radical (unpaired) electrons. The van der Waals surface area contributed by atoms with E-state index < -0.39 is 9.84 Å². The van der Waals surface area contributed by atoms with Crippen molar-refractivity contribution in [1.29, 1.82) is 0 Å². The number of sulfone groups is 1. The van der Waals surface area contributed by atoms with Crippen LogP contribution in [0.4, 0.5) is 0 Å². The van der Waals surface area contributed by atoms with Crippen LogP contribution in [0.15, 0.2) is 28.9 Å². The van der Waals surface area contributed by atoms with Gasteiger partial charge in [-0.2, -0.15) is 5.10 Å². The van der Waals surface area contributed by atoms with Crippen LogP contribution in [0.25, 0.3) is 11.5 Å². The molecule has 0 bridgehead atoms. The highest BCUT2D eigenvalue weighted by molar-refractivity contribution is 7.91. The van der Waals surface area contributed by atoms with E-state index >= 15 is 0 Å². The maximum atomic E-state index is 12.5. The van der Waals surface area contributed by atoms with E-state index in [0.29, 0.717) is 23.6 Å². The van der Waals surface area contributed by atoms with Crippen LogP contribution in [0.5, 0.6) is 0 Å². The summed E-state index contributed by atoms with van der Waals surface area (Å²) < 4.78 is 30.8. The third-order valence-corrected chi connectivity index (χ3v) is 6.74. The summed E-state index contributed by atoms with van der Waals surface area (Å²) in [4.78, 5) is 12.5. The van der Waals surface area contributed by atoms with Gasteiger partial charge in [-0.15, -0.1) is 0 Å². The summed E-state index contributed by atoms with van der Waals surface area (Å²) in [5.74, 6) is 0.571. The van der Waals surface area contributed by atoms with Crippen molar-refractivity contribution in [3.63, 3.8) is 0 Å². The lowest BCUT2D eigenvalue weighted by molar-refractivity contribution is 0.0931. The highest BCUT2D eigenvalue weighted by Gasteiger charge is 2.33. The van der Waals surface area contributed by atoms with E-state index in [9.17, 15) is 13.2 Å². The predicted octanol–water partition coefficient (Wildman–Crippen LogP) is 2.18. The SMILES string of the molecule is O=C(NC1CCCC1)c1cc(-c2ccco2)n(C2CCS(=O)(=O)C2)n1. The zero-order valence-electron chi connectivity index (χ0n) is 13.8. The fourth-order valence-electron chi connectivity index (χ4n) is 3.69. The Morgan fingerprint density at radius 1 is 1.28 bits per heavy atom. The molecule has 0 aromatic carbocycles. The summed E-state index contributed by atoms with van der Waals surface area (Å²) in [6.45, 7) is 0. The molecule has 7 nitrogen and oxygen atoms in total. The van der Waals surface area contributed by atoms with Gasteiger partial charge in [0.25, 0.3) is 5.91 Å². The van der Waals surface area contributed by atoms with E-state index in [-0.39, 0.29) is 29.5 Å². The van der Waals surface area contributed by atoms with Gasteiger partial charge in [-0.3, -0.25) is 9.48 Å². The summed E-state index contributed by atoms with van der Waals surface area (Å²) in [5, 5.41) is 7.46. The zero-order chi connectivity index (χ0) is 17.4. The summed E-state index contributed by atoms with van der Waals surface area (Å²) in [7, 11) is -3.05. The molecule has 3 heterocycles. The van der Waals surface area contributed by atoms with E-state index in [4.69, 9.17) is 4.42 Å². The van der Waals surface area contributed by atoms with Gasteiger partial charge >= 0.3 is 0 Å². The molecule has 4 rings (SSSR count). The minimum absolute atomic E-state index is 0.0477. The molecule has 1 N–H and O–H groups in total. The number of furan rings is 1. The lowest BCUT2D eigenvalue weighted by Gasteiger charge is -2.12. The van der Waals surface area contributed by atoms with Gasteiger partial charge in [0.15, 0.2) is 21.3 Å². The second kappa shape index (κ2) is 6.33. The highest BCUT2D eigenvalue weighted by Crippen LogP contribution is 2.30.